The van der Waals surface area contributed by atoms with E-state index in [0.29, 0.717) is 6.42 Å². The van der Waals surface area contributed by atoms with Crippen molar-refractivity contribution in [1.82, 2.24) is 5.32 Å². The molecule has 14 heavy (non-hydrogen) atoms. The predicted molar refractivity (Wildman–Crippen MR) is 53.9 cm³/mol. The maximum absolute atomic E-state index is 11.6. The van der Waals surface area contributed by atoms with Crippen LogP contribution in [0, 0.1) is 5.92 Å². The van der Waals surface area contributed by atoms with E-state index in [9.17, 15) is 9.59 Å². The number of carboxylic acid groups (broad SMARTS) is 1. The third kappa shape index (κ3) is 5.56. The second-order valence-corrected chi connectivity index (χ2v) is 4.44. The van der Waals surface area contributed by atoms with E-state index in [-0.39, 0.29) is 17.9 Å². The highest BCUT2D eigenvalue weighted by molar-refractivity contribution is 5.83. The lowest BCUT2D eigenvalue weighted by molar-refractivity contribution is -0.141. The van der Waals surface area contributed by atoms with E-state index in [1.165, 1.54) is 0 Å². The number of aliphatic carboxylic acids is 1. The molecule has 0 heterocycles. The molecule has 0 radical (unpaired) electrons. The van der Waals surface area contributed by atoms with E-state index in [1.807, 2.05) is 27.7 Å². The van der Waals surface area contributed by atoms with Crippen molar-refractivity contribution in [1.29, 1.82) is 0 Å². The molecule has 0 bridgehead atoms. The molecule has 0 fully saturated rings. The number of amides is 1. The molecule has 0 aliphatic heterocycles. The Morgan fingerprint density at radius 1 is 1.36 bits per heavy atom. The first-order chi connectivity index (χ1) is 6.26. The predicted octanol–water partition coefficient (Wildman–Crippen LogP) is 1.40. The molecule has 0 spiro atoms. The Bertz CT molecular complexity index is 218. The van der Waals surface area contributed by atoms with Gasteiger partial charge >= 0.3 is 5.97 Å². The van der Waals surface area contributed by atoms with Crippen LogP contribution in [-0.4, -0.2) is 22.5 Å². The van der Waals surface area contributed by atoms with Crippen LogP contribution in [0.4, 0.5) is 0 Å². The zero-order chi connectivity index (χ0) is 11.4. The maximum Gasteiger partial charge on any atom is 0.304 e. The highest BCUT2D eigenvalue weighted by atomic mass is 16.4. The zero-order valence-electron chi connectivity index (χ0n) is 9.26. The molecular formula is C10H19NO3. The average molecular weight is 201 g/mol. The molecule has 0 aromatic carbocycles. The van der Waals surface area contributed by atoms with Crippen LogP contribution < -0.4 is 5.32 Å². The highest BCUT2D eigenvalue weighted by Gasteiger charge is 2.23. The molecule has 1 atom stereocenters. The van der Waals surface area contributed by atoms with Crippen LogP contribution in [0.2, 0.25) is 0 Å². The van der Waals surface area contributed by atoms with Gasteiger partial charge in [-0.2, -0.15) is 0 Å². The fourth-order valence-electron chi connectivity index (χ4n) is 1.10. The summed E-state index contributed by atoms with van der Waals surface area (Å²) < 4.78 is 0. The van der Waals surface area contributed by atoms with E-state index in [1.54, 1.807) is 0 Å². The number of carbonyl (C=O) groups is 2. The van der Waals surface area contributed by atoms with Gasteiger partial charge in [-0.1, -0.05) is 6.92 Å². The fraction of sp³-hybridized carbons (Fsp3) is 0.800. The van der Waals surface area contributed by atoms with Crippen LogP contribution in [0.1, 0.15) is 40.5 Å². The summed E-state index contributed by atoms with van der Waals surface area (Å²) in [6.45, 7) is 7.44. The Labute approximate surface area is 84.7 Å². The van der Waals surface area contributed by atoms with Gasteiger partial charge in [0, 0.05) is 11.5 Å². The van der Waals surface area contributed by atoms with Gasteiger partial charge in [-0.05, 0) is 27.2 Å². The normalized spacial score (nSPS) is 13.4. The first kappa shape index (κ1) is 12.9. The number of carboxylic acids is 1. The number of carbonyl (C=O) groups excluding carboxylic acids is 1. The maximum atomic E-state index is 11.6. The largest absolute Gasteiger partial charge is 0.481 e. The number of rotatable bonds is 4. The molecule has 1 unspecified atom stereocenters. The van der Waals surface area contributed by atoms with Gasteiger partial charge in [0.2, 0.25) is 5.91 Å². The first-order valence-corrected chi connectivity index (χ1v) is 4.80. The summed E-state index contributed by atoms with van der Waals surface area (Å²) in [7, 11) is 0. The minimum atomic E-state index is -0.930. The second kappa shape index (κ2) is 4.98. The summed E-state index contributed by atoms with van der Waals surface area (Å²) in [4.78, 5) is 22.0. The molecule has 82 valence electrons. The molecule has 4 heteroatoms. The molecule has 0 rings (SSSR count). The van der Waals surface area contributed by atoms with E-state index in [2.05, 4.69) is 5.32 Å². The van der Waals surface area contributed by atoms with Gasteiger partial charge in [0.1, 0.15) is 0 Å². The molecule has 4 nitrogen and oxygen atoms in total. The molecule has 2 N–H and O–H groups in total. The number of hydrogen-bond acceptors (Lipinski definition) is 2. The van der Waals surface area contributed by atoms with Crippen LogP contribution in [0.25, 0.3) is 0 Å². The van der Waals surface area contributed by atoms with Gasteiger partial charge in [-0.15, -0.1) is 0 Å². The highest BCUT2D eigenvalue weighted by Crippen LogP contribution is 2.10. The van der Waals surface area contributed by atoms with Crippen molar-refractivity contribution in [2.75, 3.05) is 0 Å². The third-order valence-electron chi connectivity index (χ3n) is 1.78. The molecule has 0 saturated carbocycles. The van der Waals surface area contributed by atoms with Gasteiger partial charge < -0.3 is 10.4 Å². The molecule has 0 aromatic rings. The topological polar surface area (TPSA) is 66.4 Å². The Hall–Kier alpha value is -1.06. The lowest BCUT2D eigenvalue weighted by Gasteiger charge is -2.23. The Balaban J connectivity index is 4.25. The van der Waals surface area contributed by atoms with Crippen LogP contribution in [-0.2, 0) is 9.59 Å². The molecule has 0 aliphatic carbocycles. The van der Waals surface area contributed by atoms with Crippen LogP contribution in [0.5, 0.6) is 0 Å². The minimum absolute atomic E-state index is 0.0988. The van der Waals surface area contributed by atoms with Crippen molar-refractivity contribution in [3.63, 3.8) is 0 Å². The third-order valence-corrected chi connectivity index (χ3v) is 1.78. The molecule has 0 aliphatic rings. The summed E-state index contributed by atoms with van der Waals surface area (Å²) in [5.41, 5.74) is -0.303. The average Bonchev–Trinajstić information content (AvgIpc) is 1.96. The SMILES string of the molecule is CCC(CC(=O)O)C(=O)NC(C)(C)C. The van der Waals surface area contributed by atoms with E-state index in [4.69, 9.17) is 5.11 Å². The number of nitrogens with one attached hydrogen (secondary N) is 1. The Kier molecular flexibility index (Phi) is 4.60. The van der Waals surface area contributed by atoms with E-state index < -0.39 is 11.9 Å². The lowest BCUT2D eigenvalue weighted by atomic mass is 9.99. The smallest absolute Gasteiger partial charge is 0.304 e. The Morgan fingerprint density at radius 2 is 1.86 bits per heavy atom. The van der Waals surface area contributed by atoms with Gasteiger partial charge in [0.15, 0.2) is 0 Å². The van der Waals surface area contributed by atoms with Gasteiger partial charge in [0.05, 0.1) is 6.42 Å². The molecule has 0 aromatic heterocycles. The van der Waals surface area contributed by atoms with Gasteiger partial charge in [-0.3, -0.25) is 9.59 Å². The molecule has 1 amide bonds. The van der Waals surface area contributed by atoms with E-state index in [0.717, 1.165) is 0 Å². The summed E-state index contributed by atoms with van der Waals surface area (Å²) in [6, 6.07) is 0. The fourth-order valence-corrected chi connectivity index (χ4v) is 1.10. The summed E-state index contributed by atoms with van der Waals surface area (Å²) >= 11 is 0. The summed E-state index contributed by atoms with van der Waals surface area (Å²) in [5.74, 6) is -1.53. The van der Waals surface area contributed by atoms with Crippen molar-refractivity contribution in [3.8, 4) is 0 Å². The molecule has 0 saturated heterocycles. The van der Waals surface area contributed by atoms with Crippen molar-refractivity contribution in [2.24, 2.45) is 5.92 Å². The number of hydrogen-bond donors (Lipinski definition) is 2. The van der Waals surface area contributed by atoms with Crippen molar-refractivity contribution < 1.29 is 14.7 Å². The monoisotopic (exact) mass is 201 g/mol. The van der Waals surface area contributed by atoms with Crippen molar-refractivity contribution in [2.45, 2.75) is 46.1 Å². The quantitative estimate of drug-likeness (QED) is 0.722. The standard InChI is InChI=1S/C10H19NO3/c1-5-7(6-8(12)13)9(14)11-10(2,3)4/h7H,5-6H2,1-4H3,(H,11,14)(H,12,13). The minimum Gasteiger partial charge on any atom is -0.481 e. The summed E-state index contributed by atoms with van der Waals surface area (Å²) in [6.07, 6.45) is 0.451. The van der Waals surface area contributed by atoms with Crippen molar-refractivity contribution >= 4 is 11.9 Å². The van der Waals surface area contributed by atoms with Gasteiger partial charge in [0.25, 0.3) is 0 Å². The first-order valence-electron chi connectivity index (χ1n) is 4.80. The van der Waals surface area contributed by atoms with E-state index >= 15 is 0 Å². The Morgan fingerprint density at radius 3 is 2.14 bits per heavy atom. The van der Waals surface area contributed by atoms with Crippen LogP contribution >= 0.6 is 0 Å². The zero-order valence-corrected chi connectivity index (χ0v) is 9.26. The lowest BCUT2D eigenvalue weighted by Crippen LogP contribution is -2.44. The van der Waals surface area contributed by atoms with Crippen LogP contribution in [0.15, 0.2) is 0 Å². The van der Waals surface area contributed by atoms with Gasteiger partial charge in [-0.25, -0.2) is 0 Å². The summed E-state index contributed by atoms with van der Waals surface area (Å²) in [5, 5.41) is 11.4. The molecular weight excluding hydrogens is 182 g/mol. The van der Waals surface area contributed by atoms with Crippen LogP contribution in [0.3, 0.4) is 0 Å². The van der Waals surface area contributed by atoms with Crippen molar-refractivity contribution in [3.05, 3.63) is 0 Å². The second-order valence-electron chi connectivity index (χ2n) is 4.44.